The normalized spacial score (nSPS) is 15.4. The van der Waals surface area contributed by atoms with E-state index < -0.39 is 30.4 Å². The van der Waals surface area contributed by atoms with Gasteiger partial charge in [-0.3, -0.25) is 14.9 Å². The number of anilines is 1. The summed E-state index contributed by atoms with van der Waals surface area (Å²) in [7, 11) is 0. The van der Waals surface area contributed by atoms with Crippen molar-refractivity contribution < 1.29 is 29.0 Å². The van der Waals surface area contributed by atoms with Gasteiger partial charge in [0.25, 0.3) is 11.8 Å². The summed E-state index contributed by atoms with van der Waals surface area (Å²) in [4.78, 5) is 48.7. The maximum absolute atomic E-state index is 12.9. The van der Waals surface area contributed by atoms with Gasteiger partial charge in [-0.25, -0.2) is 9.69 Å². The molecule has 2 aromatic rings. The number of halogens is 2. The third kappa shape index (κ3) is 4.45. The number of imide groups is 2. The second-order valence-electron chi connectivity index (χ2n) is 6.27. The van der Waals surface area contributed by atoms with E-state index in [1.54, 1.807) is 24.3 Å². The van der Waals surface area contributed by atoms with Gasteiger partial charge in [0.05, 0.1) is 21.7 Å². The summed E-state index contributed by atoms with van der Waals surface area (Å²) in [6.07, 6.45) is 1.21. The highest BCUT2D eigenvalue weighted by atomic mass is 35.5. The molecule has 0 spiro atoms. The lowest BCUT2D eigenvalue weighted by molar-refractivity contribution is -0.307. The highest BCUT2D eigenvalue weighted by Crippen LogP contribution is 2.35. The predicted octanol–water partition coefficient (Wildman–Crippen LogP) is 2.10. The molecule has 154 valence electrons. The van der Waals surface area contributed by atoms with Crippen LogP contribution in [0.5, 0.6) is 5.75 Å². The van der Waals surface area contributed by atoms with Gasteiger partial charge in [0, 0.05) is 0 Å². The smallest absolute Gasteiger partial charge is 0.335 e. The summed E-state index contributed by atoms with van der Waals surface area (Å²) in [5.74, 6) is -3.24. The van der Waals surface area contributed by atoms with Crippen LogP contribution in [0.3, 0.4) is 0 Å². The largest absolute Gasteiger partial charge is 0.546 e. The number of carbonyl (C=O) groups excluding carboxylic acids is 4. The van der Waals surface area contributed by atoms with E-state index in [0.29, 0.717) is 5.69 Å². The molecule has 0 atom stereocenters. The maximum atomic E-state index is 12.9. The molecular formula is C20H13Cl2N2O6-. The lowest BCUT2D eigenvalue weighted by atomic mass is 10.1. The number of hydrogen-bond donors (Lipinski definition) is 1. The quantitative estimate of drug-likeness (QED) is 0.553. The fourth-order valence-electron chi connectivity index (χ4n) is 2.68. The number of carboxylic acids is 1. The van der Waals surface area contributed by atoms with Gasteiger partial charge in [0.15, 0.2) is 5.75 Å². The maximum Gasteiger partial charge on any atom is 0.335 e. The minimum Gasteiger partial charge on any atom is -0.546 e. The van der Waals surface area contributed by atoms with Crippen molar-refractivity contribution >= 4 is 58.8 Å². The van der Waals surface area contributed by atoms with Gasteiger partial charge in [0.2, 0.25) is 0 Å². The predicted molar refractivity (Wildman–Crippen MR) is 107 cm³/mol. The van der Waals surface area contributed by atoms with Crippen molar-refractivity contribution in [3.63, 3.8) is 0 Å². The van der Waals surface area contributed by atoms with Crippen molar-refractivity contribution in [2.75, 3.05) is 11.5 Å². The molecule has 0 aliphatic carbocycles. The number of amides is 4. The molecule has 1 fully saturated rings. The Labute approximate surface area is 180 Å². The summed E-state index contributed by atoms with van der Waals surface area (Å²) in [5.41, 5.74) is 1.18. The number of carboxylic acid groups (broad SMARTS) is 1. The number of aryl methyl sites for hydroxylation is 1. The molecular weight excluding hydrogens is 435 g/mol. The van der Waals surface area contributed by atoms with E-state index in [2.05, 4.69) is 5.32 Å². The van der Waals surface area contributed by atoms with Crippen LogP contribution in [0.4, 0.5) is 10.5 Å². The van der Waals surface area contributed by atoms with Crippen molar-refractivity contribution in [3.05, 3.63) is 63.1 Å². The van der Waals surface area contributed by atoms with E-state index in [4.69, 9.17) is 27.9 Å². The lowest BCUT2D eigenvalue weighted by Gasteiger charge is -2.26. The fourth-order valence-corrected chi connectivity index (χ4v) is 3.30. The number of ether oxygens (including phenoxy) is 1. The third-order valence-corrected chi connectivity index (χ3v) is 4.62. The number of aliphatic carboxylic acids is 1. The summed E-state index contributed by atoms with van der Waals surface area (Å²) in [5, 5.41) is 12.6. The van der Waals surface area contributed by atoms with Crippen LogP contribution >= 0.6 is 23.2 Å². The first kappa shape index (κ1) is 21.4. The van der Waals surface area contributed by atoms with Gasteiger partial charge in [-0.15, -0.1) is 0 Å². The molecule has 30 heavy (non-hydrogen) atoms. The van der Waals surface area contributed by atoms with E-state index in [1.807, 2.05) is 6.92 Å². The van der Waals surface area contributed by atoms with Crippen LogP contribution in [0.2, 0.25) is 10.0 Å². The third-order valence-electron chi connectivity index (χ3n) is 4.06. The molecule has 3 rings (SSSR count). The van der Waals surface area contributed by atoms with Crippen molar-refractivity contribution in [1.82, 2.24) is 5.32 Å². The SMILES string of the molecule is Cc1ccc(N2C(=O)NC(=O)/C(=C\c3cc(Cl)c(OCC(=O)[O-])c(Cl)c3)C2=O)cc1. The summed E-state index contributed by atoms with van der Waals surface area (Å²) < 4.78 is 4.97. The van der Waals surface area contributed by atoms with Crippen LogP contribution in [-0.4, -0.2) is 30.4 Å². The van der Waals surface area contributed by atoms with Gasteiger partial charge >= 0.3 is 6.03 Å². The topological polar surface area (TPSA) is 116 Å². The van der Waals surface area contributed by atoms with Crippen molar-refractivity contribution in [1.29, 1.82) is 0 Å². The average molecular weight is 448 g/mol. The molecule has 10 heteroatoms. The summed E-state index contributed by atoms with van der Waals surface area (Å²) >= 11 is 12.1. The molecule has 0 radical (unpaired) electrons. The van der Waals surface area contributed by atoms with Crippen LogP contribution in [0.25, 0.3) is 6.08 Å². The minimum absolute atomic E-state index is 0.0364. The van der Waals surface area contributed by atoms with E-state index in [1.165, 1.54) is 18.2 Å². The lowest BCUT2D eigenvalue weighted by Crippen LogP contribution is -2.54. The molecule has 0 saturated carbocycles. The second-order valence-corrected chi connectivity index (χ2v) is 7.08. The highest BCUT2D eigenvalue weighted by Gasteiger charge is 2.36. The first-order valence-electron chi connectivity index (χ1n) is 8.47. The number of nitrogens with zero attached hydrogens (tertiary/aromatic N) is 1. The molecule has 0 aromatic heterocycles. The van der Waals surface area contributed by atoms with Crippen molar-refractivity contribution in [2.24, 2.45) is 0 Å². The van der Waals surface area contributed by atoms with Crippen LogP contribution in [0.1, 0.15) is 11.1 Å². The van der Waals surface area contributed by atoms with E-state index in [-0.39, 0.29) is 26.9 Å². The number of nitrogens with one attached hydrogen (secondary N) is 1. The summed E-state index contributed by atoms with van der Waals surface area (Å²) in [6.45, 7) is 1.10. The zero-order chi connectivity index (χ0) is 22.0. The Morgan fingerprint density at radius 3 is 2.30 bits per heavy atom. The molecule has 0 bridgehead atoms. The molecule has 1 N–H and O–H groups in total. The Hall–Kier alpha value is -3.36. The van der Waals surface area contributed by atoms with Gasteiger partial charge in [-0.05, 0) is 42.8 Å². The van der Waals surface area contributed by atoms with Gasteiger partial charge < -0.3 is 14.6 Å². The standard InChI is InChI=1S/C20H14Cl2N2O6/c1-10-2-4-12(5-3-10)24-19(28)13(18(27)23-20(24)29)6-11-7-14(21)17(15(22)8-11)30-9-16(25)26/h2-8H,9H2,1H3,(H,25,26)(H,23,27,29)/p-1/b13-6+. The minimum atomic E-state index is -1.46. The Morgan fingerprint density at radius 1 is 1.13 bits per heavy atom. The van der Waals surface area contributed by atoms with E-state index in [0.717, 1.165) is 10.5 Å². The summed E-state index contributed by atoms with van der Waals surface area (Å²) in [6, 6.07) is 8.40. The second kappa shape index (κ2) is 8.56. The Morgan fingerprint density at radius 2 is 1.73 bits per heavy atom. The molecule has 0 unspecified atom stereocenters. The fraction of sp³-hybridized carbons (Fsp3) is 0.100. The number of hydrogen-bond acceptors (Lipinski definition) is 6. The number of rotatable bonds is 5. The van der Waals surface area contributed by atoms with Crippen LogP contribution in [0, 0.1) is 6.92 Å². The Bertz CT molecular complexity index is 1070. The molecule has 8 nitrogen and oxygen atoms in total. The van der Waals surface area contributed by atoms with Gasteiger partial charge in [0.1, 0.15) is 12.2 Å². The first-order valence-corrected chi connectivity index (χ1v) is 9.23. The van der Waals surface area contributed by atoms with Crippen LogP contribution in [0.15, 0.2) is 42.0 Å². The number of benzene rings is 2. The Balaban J connectivity index is 1.96. The number of carbonyl (C=O) groups is 4. The number of barbiturate groups is 1. The van der Waals surface area contributed by atoms with Gasteiger partial charge in [-0.1, -0.05) is 40.9 Å². The van der Waals surface area contributed by atoms with Crippen LogP contribution < -0.4 is 20.1 Å². The molecule has 4 amide bonds. The highest BCUT2D eigenvalue weighted by molar-refractivity contribution is 6.40. The molecule has 1 aliphatic heterocycles. The van der Waals surface area contributed by atoms with E-state index >= 15 is 0 Å². The molecule has 2 aromatic carbocycles. The Kier molecular flexibility index (Phi) is 6.09. The van der Waals surface area contributed by atoms with Crippen LogP contribution in [-0.2, 0) is 14.4 Å². The first-order chi connectivity index (χ1) is 14.2. The zero-order valence-electron chi connectivity index (χ0n) is 15.4. The number of urea groups is 1. The average Bonchev–Trinajstić information content (AvgIpc) is 2.65. The van der Waals surface area contributed by atoms with Gasteiger partial charge in [-0.2, -0.15) is 0 Å². The molecule has 1 aliphatic rings. The van der Waals surface area contributed by atoms with Crippen molar-refractivity contribution in [2.45, 2.75) is 6.92 Å². The molecule has 1 heterocycles. The monoisotopic (exact) mass is 447 g/mol. The van der Waals surface area contributed by atoms with Crippen molar-refractivity contribution in [3.8, 4) is 5.75 Å². The zero-order valence-corrected chi connectivity index (χ0v) is 16.9. The van der Waals surface area contributed by atoms with E-state index in [9.17, 15) is 24.3 Å². The molecule has 1 saturated heterocycles.